The molecule has 7 nitrogen and oxygen atoms in total. The van der Waals surface area contributed by atoms with Gasteiger partial charge < -0.3 is 10.0 Å². The summed E-state index contributed by atoms with van der Waals surface area (Å²) in [7, 11) is 0. The van der Waals surface area contributed by atoms with Gasteiger partial charge in [-0.3, -0.25) is 9.78 Å². The fraction of sp³-hybridized carbons (Fsp3) is 0.450. The molecular formula is C20H21N5O2S. The number of carboxylic acid groups (broad SMARTS) is 1. The van der Waals surface area contributed by atoms with Crippen LogP contribution < -0.4 is 4.90 Å². The maximum Gasteiger partial charge on any atom is 0.311 e. The molecular weight excluding hydrogens is 374 g/mol. The van der Waals surface area contributed by atoms with E-state index in [2.05, 4.69) is 14.9 Å². The maximum atomic E-state index is 11.8. The summed E-state index contributed by atoms with van der Waals surface area (Å²) in [6.07, 6.45) is 10.1. The molecule has 0 bridgehead atoms. The summed E-state index contributed by atoms with van der Waals surface area (Å²) in [5, 5.41) is 10.8. The van der Waals surface area contributed by atoms with Crippen LogP contribution in [0.4, 0.5) is 5.82 Å². The van der Waals surface area contributed by atoms with E-state index < -0.39 is 11.4 Å². The normalized spacial score (nSPS) is 21.8. The molecule has 1 atom stereocenters. The van der Waals surface area contributed by atoms with Crippen molar-refractivity contribution in [3.63, 3.8) is 0 Å². The van der Waals surface area contributed by atoms with Crippen molar-refractivity contribution in [3.8, 4) is 11.5 Å². The molecule has 0 saturated carbocycles. The van der Waals surface area contributed by atoms with Crippen molar-refractivity contribution in [3.05, 3.63) is 29.0 Å². The van der Waals surface area contributed by atoms with E-state index in [9.17, 15) is 9.90 Å². The number of aromatic nitrogens is 4. The Bertz CT molecular complexity index is 1070. The number of anilines is 1. The van der Waals surface area contributed by atoms with Crippen molar-refractivity contribution in [1.29, 1.82) is 0 Å². The van der Waals surface area contributed by atoms with Gasteiger partial charge in [-0.2, -0.15) is 0 Å². The Labute approximate surface area is 166 Å². The Morgan fingerprint density at radius 2 is 2.11 bits per heavy atom. The molecule has 0 radical (unpaired) electrons. The van der Waals surface area contributed by atoms with Crippen molar-refractivity contribution in [1.82, 2.24) is 19.9 Å². The van der Waals surface area contributed by atoms with Crippen LogP contribution in [0.1, 0.15) is 36.6 Å². The van der Waals surface area contributed by atoms with Gasteiger partial charge in [-0.1, -0.05) is 0 Å². The average molecular weight is 395 g/mol. The zero-order chi connectivity index (χ0) is 19.3. The van der Waals surface area contributed by atoms with Crippen molar-refractivity contribution >= 4 is 33.3 Å². The molecule has 1 N–H and O–H groups in total. The smallest absolute Gasteiger partial charge is 0.311 e. The fourth-order valence-corrected chi connectivity index (χ4v) is 5.47. The van der Waals surface area contributed by atoms with Crippen LogP contribution in [-0.4, -0.2) is 44.1 Å². The van der Waals surface area contributed by atoms with E-state index in [0.717, 1.165) is 28.9 Å². The molecule has 144 valence electrons. The van der Waals surface area contributed by atoms with Gasteiger partial charge in [0.1, 0.15) is 16.3 Å². The van der Waals surface area contributed by atoms with Crippen LogP contribution in [0.2, 0.25) is 0 Å². The lowest BCUT2D eigenvalue weighted by molar-refractivity contribution is -0.146. The van der Waals surface area contributed by atoms with E-state index >= 15 is 0 Å². The lowest BCUT2D eigenvalue weighted by atomic mass is 9.90. The van der Waals surface area contributed by atoms with Gasteiger partial charge in [0.15, 0.2) is 5.82 Å². The van der Waals surface area contributed by atoms with Gasteiger partial charge in [0.2, 0.25) is 0 Å². The van der Waals surface area contributed by atoms with E-state index in [-0.39, 0.29) is 0 Å². The van der Waals surface area contributed by atoms with E-state index in [1.807, 2.05) is 6.92 Å². The SMILES string of the molecule is CC1(C(=O)O)CCN(c2nc(-c3cnccn3)nc3sc4c(c23)CCCC4)C1. The minimum absolute atomic E-state index is 0.457. The van der Waals surface area contributed by atoms with Gasteiger partial charge in [-0.05, 0) is 44.6 Å². The molecule has 1 aliphatic carbocycles. The lowest BCUT2D eigenvalue weighted by Gasteiger charge is -2.23. The number of carboxylic acids is 1. The summed E-state index contributed by atoms with van der Waals surface area (Å²) in [5.41, 5.74) is 1.24. The summed E-state index contributed by atoms with van der Waals surface area (Å²) in [5.74, 6) is 0.662. The zero-order valence-corrected chi connectivity index (χ0v) is 16.5. The van der Waals surface area contributed by atoms with Gasteiger partial charge in [0, 0.05) is 30.4 Å². The third-order valence-electron chi connectivity index (χ3n) is 5.88. The first-order valence-electron chi connectivity index (χ1n) is 9.62. The first kappa shape index (κ1) is 17.5. The minimum Gasteiger partial charge on any atom is -0.481 e. The predicted octanol–water partition coefficient (Wildman–Crippen LogP) is 3.33. The molecule has 1 aliphatic heterocycles. The highest BCUT2D eigenvalue weighted by Crippen LogP contribution is 2.43. The van der Waals surface area contributed by atoms with Crippen LogP contribution in [0.15, 0.2) is 18.6 Å². The first-order valence-corrected chi connectivity index (χ1v) is 10.4. The number of aryl methyl sites for hydroxylation is 2. The number of hydrogen-bond acceptors (Lipinski definition) is 7. The van der Waals surface area contributed by atoms with Gasteiger partial charge in [0.05, 0.1) is 17.0 Å². The molecule has 3 aromatic rings. The molecule has 1 unspecified atom stereocenters. The third-order valence-corrected chi connectivity index (χ3v) is 7.06. The second-order valence-electron chi connectivity index (χ2n) is 7.89. The van der Waals surface area contributed by atoms with E-state index in [1.54, 1.807) is 29.9 Å². The summed E-state index contributed by atoms with van der Waals surface area (Å²) < 4.78 is 0. The molecule has 1 saturated heterocycles. The van der Waals surface area contributed by atoms with Crippen LogP contribution in [0.25, 0.3) is 21.7 Å². The van der Waals surface area contributed by atoms with Crippen molar-refractivity contribution in [2.45, 2.75) is 39.0 Å². The number of nitrogens with zero attached hydrogens (tertiary/aromatic N) is 5. The number of aliphatic carboxylic acids is 1. The minimum atomic E-state index is -0.750. The Balaban J connectivity index is 1.69. The van der Waals surface area contributed by atoms with E-state index in [0.29, 0.717) is 31.0 Å². The van der Waals surface area contributed by atoms with Crippen LogP contribution in [0.3, 0.4) is 0 Å². The van der Waals surface area contributed by atoms with Gasteiger partial charge in [0.25, 0.3) is 0 Å². The highest BCUT2D eigenvalue weighted by atomic mass is 32.1. The van der Waals surface area contributed by atoms with Gasteiger partial charge in [-0.25, -0.2) is 15.0 Å². The summed E-state index contributed by atoms with van der Waals surface area (Å²) in [6, 6.07) is 0. The molecule has 4 heterocycles. The Hall–Kier alpha value is -2.61. The topological polar surface area (TPSA) is 92.1 Å². The van der Waals surface area contributed by atoms with Crippen LogP contribution in [-0.2, 0) is 17.6 Å². The molecule has 0 aromatic carbocycles. The van der Waals surface area contributed by atoms with Crippen LogP contribution in [0.5, 0.6) is 0 Å². The average Bonchev–Trinajstić information content (AvgIpc) is 3.29. The Morgan fingerprint density at radius 1 is 1.25 bits per heavy atom. The Morgan fingerprint density at radius 3 is 2.86 bits per heavy atom. The molecule has 0 amide bonds. The first-order chi connectivity index (χ1) is 13.5. The second-order valence-corrected chi connectivity index (χ2v) is 8.97. The monoisotopic (exact) mass is 395 g/mol. The Kier molecular flexibility index (Phi) is 4.04. The maximum absolute atomic E-state index is 11.8. The summed E-state index contributed by atoms with van der Waals surface area (Å²) >= 11 is 1.75. The molecule has 0 spiro atoms. The quantitative estimate of drug-likeness (QED) is 0.727. The molecule has 2 aliphatic rings. The molecule has 1 fully saturated rings. The fourth-order valence-electron chi connectivity index (χ4n) is 4.21. The van der Waals surface area contributed by atoms with Crippen molar-refractivity contribution in [2.75, 3.05) is 18.0 Å². The zero-order valence-electron chi connectivity index (χ0n) is 15.7. The molecule has 3 aromatic heterocycles. The highest BCUT2D eigenvalue weighted by Gasteiger charge is 2.42. The van der Waals surface area contributed by atoms with Gasteiger partial charge >= 0.3 is 5.97 Å². The third kappa shape index (κ3) is 2.74. The number of hydrogen-bond donors (Lipinski definition) is 1. The predicted molar refractivity (Wildman–Crippen MR) is 108 cm³/mol. The second kappa shape index (κ2) is 6.48. The summed E-state index contributed by atoms with van der Waals surface area (Å²) in [6.45, 7) is 2.96. The largest absolute Gasteiger partial charge is 0.481 e. The summed E-state index contributed by atoms with van der Waals surface area (Å²) in [4.78, 5) is 34.5. The lowest BCUT2D eigenvalue weighted by Crippen LogP contribution is -2.32. The van der Waals surface area contributed by atoms with Crippen molar-refractivity contribution < 1.29 is 9.90 Å². The van der Waals surface area contributed by atoms with Crippen LogP contribution in [0, 0.1) is 5.41 Å². The van der Waals surface area contributed by atoms with E-state index in [4.69, 9.17) is 9.97 Å². The molecule has 28 heavy (non-hydrogen) atoms. The molecule has 5 rings (SSSR count). The highest BCUT2D eigenvalue weighted by molar-refractivity contribution is 7.19. The number of carbonyl (C=O) groups is 1. The standard InChI is InChI=1S/C20H21N5O2S/c1-20(19(26)27)6-9-25(11-20)17-15-12-4-2-3-5-14(12)28-18(15)24-16(23-17)13-10-21-7-8-22-13/h7-8,10H,2-6,9,11H2,1H3,(H,26,27). The van der Waals surface area contributed by atoms with Gasteiger partial charge in [-0.15, -0.1) is 11.3 Å². The number of rotatable bonds is 3. The van der Waals surface area contributed by atoms with E-state index in [1.165, 1.54) is 23.3 Å². The number of fused-ring (bicyclic) bond motifs is 3. The number of thiophene rings is 1. The van der Waals surface area contributed by atoms with Crippen molar-refractivity contribution in [2.24, 2.45) is 5.41 Å². The van der Waals surface area contributed by atoms with Crippen LogP contribution >= 0.6 is 11.3 Å². The molecule has 8 heteroatoms.